The fourth-order valence-electron chi connectivity index (χ4n) is 2.22. The highest BCUT2D eigenvalue weighted by Gasteiger charge is 2.20. The number of phenolic OH excluding ortho intramolecular Hbond substituents is 1. The van der Waals surface area contributed by atoms with Crippen LogP contribution in [0, 0.1) is 0 Å². The number of aryl methyl sites for hydroxylation is 1. The third-order valence-corrected chi connectivity index (χ3v) is 3.95. The summed E-state index contributed by atoms with van der Waals surface area (Å²) in [7, 11) is 0. The van der Waals surface area contributed by atoms with Gasteiger partial charge in [0.1, 0.15) is 11.3 Å². The fourth-order valence-corrected chi connectivity index (χ4v) is 2.44. The summed E-state index contributed by atoms with van der Waals surface area (Å²) in [5.74, 6) is -0.119. The molecule has 0 aliphatic heterocycles. The van der Waals surface area contributed by atoms with Crippen molar-refractivity contribution in [2.45, 2.75) is 39.3 Å². The van der Waals surface area contributed by atoms with Crippen molar-refractivity contribution in [2.75, 3.05) is 6.61 Å². The second kappa shape index (κ2) is 6.28. The lowest BCUT2D eigenvalue weighted by Crippen LogP contribution is -2.42. The number of aliphatic hydroxyl groups is 1. The molecule has 120 valence electrons. The Hall–Kier alpha value is -1.56. The van der Waals surface area contributed by atoms with E-state index in [1.165, 1.54) is 6.07 Å². The van der Waals surface area contributed by atoms with Gasteiger partial charge in [0, 0.05) is 23.5 Å². The van der Waals surface area contributed by atoms with Crippen molar-refractivity contribution in [1.29, 1.82) is 0 Å². The third kappa shape index (κ3) is 3.27. The summed E-state index contributed by atoms with van der Waals surface area (Å²) in [6.07, 6.45) is 0.651. The number of halogens is 1. The first-order valence-electron chi connectivity index (χ1n) is 7.12. The predicted molar refractivity (Wildman–Crippen MR) is 86.5 cm³/mol. The number of hydrogen-bond acceptors (Lipinski definition) is 5. The van der Waals surface area contributed by atoms with Crippen molar-refractivity contribution in [3.63, 3.8) is 0 Å². The SMILES string of the molecule is CCc1cc(=O)oc2c(CNC(C)(C)CO)c(O)c(Cl)cc12. The minimum absolute atomic E-state index is 0.0730. The Bertz CT molecular complexity index is 752. The quantitative estimate of drug-likeness (QED) is 0.736. The Morgan fingerprint density at radius 1 is 1.36 bits per heavy atom. The van der Waals surface area contributed by atoms with Gasteiger partial charge in [0.05, 0.1) is 17.2 Å². The van der Waals surface area contributed by atoms with Crippen LogP contribution in [0.5, 0.6) is 5.75 Å². The number of benzene rings is 1. The zero-order valence-electron chi connectivity index (χ0n) is 12.9. The number of fused-ring (bicyclic) bond motifs is 1. The number of hydrogen-bond donors (Lipinski definition) is 3. The molecule has 1 aromatic carbocycles. The third-order valence-electron chi connectivity index (χ3n) is 3.66. The molecule has 1 aromatic heterocycles. The average Bonchev–Trinajstić information content (AvgIpc) is 2.47. The van der Waals surface area contributed by atoms with Gasteiger partial charge in [0.2, 0.25) is 0 Å². The Morgan fingerprint density at radius 2 is 2.05 bits per heavy atom. The second-order valence-corrected chi connectivity index (χ2v) is 6.31. The van der Waals surface area contributed by atoms with E-state index >= 15 is 0 Å². The molecule has 5 nitrogen and oxygen atoms in total. The maximum absolute atomic E-state index is 11.7. The minimum atomic E-state index is -0.538. The Morgan fingerprint density at radius 3 is 2.64 bits per heavy atom. The molecule has 1 heterocycles. The lowest BCUT2D eigenvalue weighted by Gasteiger charge is -2.24. The molecule has 0 aliphatic carbocycles. The summed E-state index contributed by atoms with van der Waals surface area (Å²) < 4.78 is 5.29. The largest absolute Gasteiger partial charge is 0.506 e. The summed E-state index contributed by atoms with van der Waals surface area (Å²) in [5.41, 5.74) is 0.553. The monoisotopic (exact) mass is 325 g/mol. The van der Waals surface area contributed by atoms with Crippen LogP contribution in [0.25, 0.3) is 11.0 Å². The molecule has 0 bridgehead atoms. The van der Waals surface area contributed by atoms with E-state index in [0.717, 1.165) is 5.56 Å². The highest BCUT2D eigenvalue weighted by atomic mass is 35.5. The molecule has 0 spiro atoms. The van der Waals surface area contributed by atoms with Gasteiger partial charge in [-0.05, 0) is 31.9 Å². The van der Waals surface area contributed by atoms with Crippen molar-refractivity contribution in [2.24, 2.45) is 0 Å². The molecule has 0 atom stereocenters. The maximum Gasteiger partial charge on any atom is 0.336 e. The minimum Gasteiger partial charge on any atom is -0.506 e. The molecular formula is C16H20ClNO4. The zero-order valence-corrected chi connectivity index (χ0v) is 13.6. The van der Waals surface area contributed by atoms with E-state index in [1.807, 2.05) is 20.8 Å². The molecule has 3 N–H and O–H groups in total. The van der Waals surface area contributed by atoms with Gasteiger partial charge in [0.15, 0.2) is 0 Å². The van der Waals surface area contributed by atoms with Crippen LogP contribution in [0.2, 0.25) is 5.02 Å². The van der Waals surface area contributed by atoms with Crippen LogP contribution < -0.4 is 10.9 Å². The van der Waals surface area contributed by atoms with Crippen LogP contribution in [0.3, 0.4) is 0 Å². The first-order valence-corrected chi connectivity index (χ1v) is 7.50. The second-order valence-electron chi connectivity index (χ2n) is 5.90. The van der Waals surface area contributed by atoms with Crippen LogP contribution >= 0.6 is 11.6 Å². The molecule has 22 heavy (non-hydrogen) atoms. The first-order chi connectivity index (χ1) is 10.3. The number of aromatic hydroxyl groups is 1. The Balaban J connectivity index is 2.63. The van der Waals surface area contributed by atoms with E-state index in [1.54, 1.807) is 6.07 Å². The molecule has 0 amide bonds. The maximum atomic E-state index is 11.7. The van der Waals surface area contributed by atoms with Crippen LogP contribution in [0.15, 0.2) is 21.3 Å². The van der Waals surface area contributed by atoms with Crippen molar-refractivity contribution in [3.05, 3.63) is 38.7 Å². The molecule has 2 rings (SSSR count). The number of rotatable bonds is 5. The summed E-state index contributed by atoms with van der Waals surface area (Å²) in [4.78, 5) is 11.7. The molecule has 2 aromatic rings. The van der Waals surface area contributed by atoms with E-state index in [9.17, 15) is 15.0 Å². The topological polar surface area (TPSA) is 82.7 Å². The Kier molecular flexibility index (Phi) is 4.80. The van der Waals surface area contributed by atoms with Crippen molar-refractivity contribution in [3.8, 4) is 5.75 Å². The highest BCUT2D eigenvalue weighted by molar-refractivity contribution is 6.33. The van der Waals surface area contributed by atoms with Gasteiger partial charge < -0.3 is 19.9 Å². The standard InChI is InChI=1S/C16H20ClNO4/c1-4-9-5-13(20)22-15-10(9)6-12(17)14(21)11(15)7-18-16(2,3)8-19/h5-6,18-19,21H,4,7-8H2,1-3H3. The van der Waals surface area contributed by atoms with Crippen LogP contribution in [0.1, 0.15) is 31.9 Å². The van der Waals surface area contributed by atoms with Crippen LogP contribution in [0.4, 0.5) is 0 Å². The van der Waals surface area contributed by atoms with E-state index in [4.69, 9.17) is 16.0 Å². The summed E-state index contributed by atoms with van der Waals surface area (Å²) in [5, 5.41) is 23.6. The lowest BCUT2D eigenvalue weighted by molar-refractivity contribution is 0.187. The number of nitrogens with one attached hydrogen (secondary N) is 1. The first kappa shape index (κ1) is 16.8. The van der Waals surface area contributed by atoms with Crippen molar-refractivity contribution >= 4 is 22.6 Å². The summed E-state index contributed by atoms with van der Waals surface area (Å²) in [6, 6.07) is 3.04. The molecule has 0 unspecified atom stereocenters. The molecule has 6 heteroatoms. The van der Waals surface area contributed by atoms with Gasteiger partial charge in [0.25, 0.3) is 0 Å². The van der Waals surface area contributed by atoms with Crippen LogP contribution in [-0.4, -0.2) is 22.4 Å². The van der Waals surface area contributed by atoms with Gasteiger partial charge in [-0.1, -0.05) is 18.5 Å². The molecular weight excluding hydrogens is 306 g/mol. The van der Waals surface area contributed by atoms with E-state index in [-0.39, 0.29) is 23.9 Å². The van der Waals surface area contributed by atoms with Gasteiger partial charge in [-0.25, -0.2) is 4.79 Å². The van der Waals surface area contributed by atoms with E-state index in [2.05, 4.69) is 5.32 Å². The fraction of sp³-hybridized carbons (Fsp3) is 0.438. The van der Waals surface area contributed by atoms with E-state index in [0.29, 0.717) is 23.0 Å². The summed E-state index contributed by atoms with van der Waals surface area (Å²) >= 11 is 6.10. The predicted octanol–water partition coefficient (Wildman–Crippen LogP) is 2.57. The van der Waals surface area contributed by atoms with E-state index < -0.39 is 11.2 Å². The Labute approximate surface area is 133 Å². The highest BCUT2D eigenvalue weighted by Crippen LogP contribution is 2.35. The van der Waals surface area contributed by atoms with Gasteiger partial charge >= 0.3 is 5.63 Å². The van der Waals surface area contributed by atoms with Crippen molar-refractivity contribution in [1.82, 2.24) is 5.32 Å². The molecule has 0 radical (unpaired) electrons. The van der Waals surface area contributed by atoms with Gasteiger partial charge in [-0.3, -0.25) is 0 Å². The summed E-state index contributed by atoms with van der Waals surface area (Å²) in [6.45, 7) is 5.72. The van der Waals surface area contributed by atoms with Crippen molar-refractivity contribution < 1.29 is 14.6 Å². The lowest BCUT2D eigenvalue weighted by atomic mass is 10.0. The average molecular weight is 326 g/mol. The molecule has 0 fully saturated rings. The molecule has 0 saturated heterocycles. The molecule has 0 aliphatic rings. The van der Waals surface area contributed by atoms with Crippen LogP contribution in [-0.2, 0) is 13.0 Å². The molecule has 0 saturated carbocycles. The normalized spacial score (nSPS) is 12.0. The smallest absolute Gasteiger partial charge is 0.336 e. The van der Waals surface area contributed by atoms with Gasteiger partial charge in [-0.2, -0.15) is 0 Å². The zero-order chi connectivity index (χ0) is 16.5. The number of aliphatic hydroxyl groups excluding tert-OH is 1. The number of phenols is 1. The van der Waals surface area contributed by atoms with Gasteiger partial charge in [-0.15, -0.1) is 0 Å².